The number of aldehydes is 1. The first kappa shape index (κ1) is 14.6. The Kier molecular flexibility index (Phi) is 4.11. The van der Waals surface area contributed by atoms with E-state index < -0.39 is 5.60 Å². The van der Waals surface area contributed by atoms with E-state index in [0.717, 1.165) is 12.8 Å². The highest BCUT2D eigenvalue weighted by molar-refractivity contribution is 5.73. The molecule has 1 amide bonds. The van der Waals surface area contributed by atoms with Gasteiger partial charge in [-0.25, -0.2) is 9.78 Å². The van der Waals surface area contributed by atoms with Crippen molar-refractivity contribution in [1.29, 1.82) is 0 Å². The Balaban J connectivity index is 1.93. The fourth-order valence-electron chi connectivity index (χ4n) is 2.31. The molecule has 1 aliphatic rings. The fourth-order valence-corrected chi connectivity index (χ4v) is 2.31. The van der Waals surface area contributed by atoms with Gasteiger partial charge in [-0.2, -0.15) is 0 Å². The van der Waals surface area contributed by atoms with Gasteiger partial charge in [0.05, 0.1) is 0 Å². The van der Waals surface area contributed by atoms with E-state index in [0.29, 0.717) is 30.8 Å². The molecular formula is C14H20N2O4. The van der Waals surface area contributed by atoms with Crippen molar-refractivity contribution in [3.8, 4) is 0 Å². The number of amides is 1. The highest BCUT2D eigenvalue weighted by atomic mass is 16.6. The Morgan fingerprint density at radius 1 is 1.45 bits per heavy atom. The van der Waals surface area contributed by atoms with Crippen molar-refractivity contribution in [2.24, 2.45) is 0 Å². The second kappa shape index (κ2) is 5.64. The molecule has 0 aromatic carbocycles. The average molecular weight is 280 g/mol. The lowest BCUT2D eigenvalue weighted by Gasteiger charge is -2.32. The normalized spacial score (nSPS) is 17.1. The van der Waals surface area contributed by atoms with Gasteiger partial charge in [0.2, 0.25) is 0 Å². The second-order valence-corrected chi connectivity index (χ2v) is 5.96. The number of hydrogen-bond acceptors (Lipinski definition) is 5. The number of oxazole rings is 1. The first-order valence-corrected chi connectivity index (χ1v) is 6.77. The summed E-state index contributed by atoms with van der Waals surface area (Å²) in [4.78, 5) is 28.4. The molecule has 0 bridgehead atoms. The summed E-state index contributed by atoms with van der Waals surface area (Å²) in [5.74, 6) is 0.764. The fraction of sp³-hybridized carbons (Fsp3) is 0.643. The van der Waals surface area contributed by atoms with E-state index in [9.17, 15) is 9.59 Å². The largest absolute Gasteiger partial charge is 0.447 e. The lowest BCUT2D eigenvalue weighted by molar-refractivity contribution is 0.0200. The first-order chi connectivity index (χ1) is 9.40. The van der Waals surface area contributed by atoms with Gasteiger partial charge in [-0.3, -0.25) is 4.79 Å². The quantitative estimate of drug-likeness (QED) is 0.778. The van der Waals surface area contributed by atoms with E-state index >= 15 is 0 Å². The van der Waals surface area contributed by atoms with Gasteiger partial charge in [-0.05, 0) is 33.6 Å². The van der Waals surface area contributed by atoms with Gasteiger partial charge in [0.25, 0.3) is 0 Å². The van der Waals surface area contributed by atoms with Crippen molar-refractivity contribution in [3.63, 3.8) is 0 Å². The Hall–Kier alpha value is -1.85. The zero-order valence-corrected chi connectivity index (χ0v) is 12.1. The Bertz CT molecular complexity index is 482. The molecule has 0 N–H and O–H groups in total. The topological polar surface area (TPSA) is 72.6 Å². The molecule has 0 aliphatic carbocycles. The van der Waals surface area contributed by atoms with Crippen LogP contribution in [0.4, 0.5) is 4.79 Å². The molecule has 2 rings (SSSR count). The molecule has 0 saturated carbocycles. The number of aromatic nitrogens is 1. The molecule has 0 unspecified atom stereocenters. The van der Waals surface area contributed by atoms with Crippen LogP contribution in [-0.4, -0.2) is 41.0 Å². The Labute approximate surface area is 118 Å². The monoisotopic (exact) mass is 280 g/mol. The summed E-state index contributed by atoms with van der Waals surface area (Å²) < 4.78 is 10.6. The molecule has 20 heavy (non-hydrogen) atoms. The van der Waals surface area contributed by atoms with Gasteiger partial charge >= 0.3 is 6.09 Å². The summed E-state index contributed by atoms with van der Waals surface area (Å²) in [5, 5.41) is 0. The van der Waals surface area contributed by atoms with Gasteiger partial charge in [0.1, 0.15) is 17.1 Å². The molecule has 0 spiro atoms. The molecule has 6 nitrogen and oxygen atoms in total. The van der Waals surface area contributed by atoms with Crippen LogP contribution in [0, 0.1) is 0 Å². The SMILES string of the molecule is CC(C)(C)OC(=O)N1CCC(c2ocnc2C=O)CC1. The Morgan fingerprint density at radius 2 is 2.10 bits per heavy atom. The lowest BCUT2D eigenvalue weighted by atomic mass is 9.93. The van der Waals surface area contributed by atoms with Crippen LogP contribution < -0.4 is 0 Å². The van der Waals surface area contributed by atoms with Crippen molar-refractivity contribution >= 4 is 12.4 Å². The number of rotatable bonds is 2. The first-order valence-electron chi connectivity index (χ1n) is 6.77. The smallest absolute Gasteiger partial charge is 0.410 e. The van der Waals surface area contributed by atoms with E-state index in [-0.39, 0.29) is 12.0 Å². The molecular weight excluding hydrogens is 260 g/mol. The van der Waals surface area contributed by atoms with Crippen LogP contribution in [0.2, 0.25) is 0 Å². The minimum atomic E-state index is -0.483. The van der Waals surface area contributed by atoms with Gasteiger partial charge in [-0.1, -0.05) is 0 Å². The molecule has 1 saturated heterocycles. The summed E-state index contributed by atoms with van der Waals surface area (Å²) in [6.07, 6.45) is 3.20. The van der Waals surface area contributed by atoms with Gasteiger partial charge in [-0.15, -0.1) is 0 Å². The molecule has 1 aromatic rings. The highest BCUT2D eigenvalue weighted by Gasteiger charge is 2.30. The lowest BCUT2D eigenvalue weighted by Crippen LogP contribution is -2.41. The molecule has 2 heterocycles. The third-order valence-corrected chi connectivity index (χ3v) is 3.25. The summed E-state index contributed by atoms with van der Waals surface area (Å²) in [6.45, 7) is 6.74. The molecule has 0 atom stereocenters. The summed E-state index contributed by atoms with van der Waals surface area (Å²) >= 11 is 0. The van der Waals surface area contributed by atoms with E-state index in [1.165, 1.54) is 6.39 Å². The van der Waals surface area contributed by atoms with Crippen LogP contribution >= 0.6 is 0 Å². The standard InChI is InChI=1S/C14H20N2O4/c1-14(2,3)20-13(18)16-6-4-10(5-7-16)12-11(8-17)15-9-19-12/h8-10H,4-7H2,1-3H3. The summed E-state index contributed by atoms with van der Waals surface area (Å²) in [7, 11) is 0. The van der Waals surface area contributed by atoms with Gasteiger partial charge < -0.3 is 14.1 Å². The Morgan fingerprint density at radius 3 is 2.65 bits per heavy atom. The number of carbonyl (C=O) groups excluding carboxylic acids is 2. The molecule has 0 radical (unpaired) electrons. The molecule has 110 valence electrons. The third kappa shape index (κ3) is 3.37. The average Bonchev–Trinajstić information content (AvgIpc) is 2.85. The minimum Gasteiger partial charge on any atom is -0.447 e. The number of nitrogens with zero attached hydrogens (tertiary/aromatic N) is 2. The molecule has 1 aliphatic heterocycles. The number of ether oxygens (including phenoxy) is 1. The summed E-state index contributed by atoms with van der Waals surface area (Å²) in [5.41, 5.74) is -0.121. The maximum Gasteiger partial charge on any atom is 0.410 e. The van der Waals surface area contributed by atoms with Crippen molar-refractivity contribution < 1.29 is 18.7 Å². The number of hydrogen-bond donors (Lipinski definition) is 0. The minimum absolute atomic E-state index is 0.136. The van der Waals surface area contributed by atoms with Gasteiger partial charge in [0.15, 0.2) is 12.7 Å². The number of piperidine rings is 1. The number of carbonyl (C=O) groups is 2. The van der Waals surface area contributed by atoms with Crippen molar-refractivity contribution in [2.45, 2.75) is 45.1 Å². The molecule has 1 aromatic heterocycles. The van der Waals surface area contributed by atoms with Crippen molar-refractivity contribution in [1.82, 2.24) is 9.88 Å². The van der Waals surface area contributed by atoms with Crippen LogP contribution in [0.15, 0.2) is 10.8 Å². The summed E-state index contributed by atoms with van der Waals surface area (Å²) in [6, 6.07) is 0. The van der Waals surface area contributed by atoms with Crippen LogP contribution in [0.1, 0.15) is 55.8 Å². The van der Waals surface area contributed by atoms with E-state index in [2.05, 4.69) is 4.98 Å². The van der Waals surface area contributed by atoms with E-state index in [1.54, 1.807) is 4.90 Å². The third-order valence-electron chi connectivity index (χ3n) is 3.25. The number of likely N-dealkylation sites (tertiary alicyclic amines) is 1. The van der Waals surface area contributed by atoms with Crippen LogP contribution in [0.3, 0.4) is 0 Å². The molecule has 6 heteroatoms. The van der Waals surface area contributed by atoms with E-state index in [4.69, 9.17) is 9.15 Å². The zero-order chi connectivity index (χ0) is 14.8. The van der Waals surface area contributed by atoms with Crippen molar-refractivity contribution in [2.75, 3.05) is 13.1 Å². The highest BCUT2D eigenvalue weighted by Crippen LogP contribution is 2.30. The van der Waals surface area contributed by atoms with E-state index in [1.807, 2.05) is 20.8 Å². The van der Waals surface area contributed by atoms with Crippen molar-refractivity contribution in [3.05, 3.63) is 17.8 Å². The maximum absolute atomic E-state index is 11.9. The van der Waals surface area contributed by atoms with Gasteiger partial charge in [0, 0.05) is 19.0 Å². The second-order valence-electron chi connectivity index (χ2n) is 5.96. The molecule has 1 fully saturated rings. The predicted molar refractivity (Wildman–Crippen MR) is 71.7 cm³/mol. The van der Waals surface area contributed by atoms with Crippen LogP contribution in [0.25, 0.3) is 0 Å². The van der Waals surface area contributed by atoms with Crippen LogP contribution in [-0.2, 0) is 4.74 Å². The van der Waals surface area contributed by atoms with Crippen LogP contribution in [0.5, 0.6) is 0 Å². The predicted octanol–water partition coefficient (Wildman–Crippen LogP) is 2.60. The maximum atomic E-state index is 11.9. The zero-order valence-electron chi connectivity index (χ0n) is 12.1.